The highest BCUT2D eigenvalue weighted by atomic mass is 19.1. The summed E-state index contributed by atoms with van der Waals surface area (Å²) in [5, 5.41) is 11.0. The minimum atomic E-state index is -0.991. The molecule has 28 heavy (non-hydrogen) atoms. The maximum absolute atomic E-state index is 13.6. The van der Waals surface area contributed by atoms with Gasteiger partial charge in [0.15, 0.2) is 11.3 Å². The zero-order valence-corrected chi connectivity index (χ0v) is 14.6. The maximum Gasteiger partial charge on any atom is 0.347 e. The molecule has 0 unspecified atom stereocenters. The molecule has 6 nitrogen and oxygen atoms in total. The summed E-state index contributed by atoms with van der Waals surface area (Å²) < 4.78 is 34.1. The van der Waals surface area contributed by atoms with Crippen LogP contribution in [0.25, 0.3) is 16.4 Å². The lowest BCUT2D eigenvalue weighted by Gasteiger charge is -2.14. The topological polar surface area (TPSA) is 72.9 Å². The molecule has 1 N–H and O–H groups in total. The van der Waals surface area contributed by atoms with Crippen LogP contribution in [0, 0.1) is 11.6 Å². The summed E-state index contributed by atoms with van der Waals surface area (Å²) in [6.07, 6.45) is 0. The fourth-order valence-corrected chi connectivity index (χ4v) is 3.24. The molecule has 0 atom stereocenters. The fraction of sp³-hybridized carbons (Fsp3) is 0.100. The molecular weight excluding hydrogens is 370 g/mol. The maximum atomic E-state index is 13.6. The Balaban J connectivity index is 2.09. The molecular formula is C20H14F2N2O4. The smallest absolute Gasteiger partial charge is 0.347 e. The van der Waals surface area contributed by atoms with Crippen LogP contribution in [0.5, 0.6) is 5.75 Å². The second-order valence-electron chi connectivity index (χ2n) is 6.25. The molecule has 2 aromatic heterocycles. The molecule has 2 heterocycles. The lowest BCUT2D eigenvalue weighted by Crippen LogP contribution is -2.32. The predicted molar refractivity (Wildman–Crippen MR) is 97.6 cm³/mol. The van der Waals surface area contributed by atoms with E-state index in [0.717, 1.165) is 7.11 Å². The zero-order chi connectivity index (χ0) is 20.0. The van der Waals surface area contributed by atoms with Crippen molar-refractivity contribution in [1.29, 1.82) is 0 Å². The summed E-state index contributed by atoms with van der Waals surface area (Å²) >= 11 is 0. The van der Waals surface area contributed by atoms with Crippen LogP contribution in [0.3, 0.4) is 0 Å². The number of hydrogen-bond acceptors (Lipinski definition) is 4. The highest BCUT2D eigenvalue weighted by molar-refractivity contribution is 5.97. The molecule has 0 aliphatic heterocycles. The first-order valence-electron chi connectivity index (χ1n) is 8.30. The third-order valence-corrected chi connectivity index (χ3v) is 4.54. The van der Waals surface area contributed by atoms with E-state index in [1.54, 1.807) is 0 Å². The first-order valence-corrected chi connectivity index (χ1v) is 8.30. The number of fused-ring (bicyclic) bond motifs is 3. The number of methoxy groups -OCH3 is 1. The molecule has 0 radical (unpaired) electrons. The zero-order valence-electron chi connectivity index (χ0n) is 14.6. The van der Waals surface area contributed by atoms with Gasteiger partial charge in [0.05, 0.1) is 19.2 Å². The Bertz CT molecular complexity index is 1290. The molecule has 4 rings (SSSR count). The first-order chi connectivity index (χ1) is 13.4. The van der Waals surface area contributed by atoms with Crippen molar-refractivity contribution in [3.63, 3.8) is 0 Å². The van der Waals surface area contributed by atoms with E-state index >= 15 is 0 Å². The summed E-state index contributed by atoms with van der Waals surface area (Å²) in [7, 11) is 1.10. The molecule has 142 valence electrons. The van der Waals surface area contributed by atoms with Crippen LogP contribution in [-0.4, -0.2) is 27.4 Å². The van der Waals surface area contributed by atoms with E-state index in [-0.39, 0.29) is 12.1 Å². The number of ether oxygens (including phenoxy) is 1. The van der Waals surface area contributed by atoms with Gasteiger partial charge in [-0.2, -0.15) is 0 Å². The van der Waals surface area contributed by atoms with Gasteiger partial charge in [-0.05, 0) is 42.0 Å². The SMILES string of the molecule is COC(=O)c1c(O)c2cc3cc(F)ccc3n2n(Cc2ccc(F)cc2)c1=O. The number of halogens is 2. The fourth-order valence-electron chi connectivity index (χ4n) is 3.24. The number of esters is 1. The van der Waals surface area contributed by atoms with Crippen molar-refractivity contribution in [3.05, 3.63) is 81.6 Å². The molecule has 0 aliphatic carbocycles. The minimum Gasteiger partial charge on any atom is -0.505 e. The summed E-state index contributed by atoms with van der Waals surface area (Å²) in [6.45, 7) is -0.0129. The average Bonchev–Trinajstić information content (AvgIpc) is 3.05. The largest absolute Gasteiger partial charge is 0.505 e. The van der Waals surface area contributed by atoms with Crippen molar-refractivity contribution < 1.29 is 23.4 Å². The van der Waals surface area contributed by atoms with E-state index in [9.17, 15) is 23.5 Å². The second kappa shape index (κ2) is 6.49. The van der Waals surface area contributed by atoms with Gasteiger partial charge in [-0.1, -0.05) is 12.1 Å². The number of rotatable bonds is 3. The molecule has 0 spiro atoms. The third kappa shape index (κ3) is 2.70. The van der Waals surface area contributed by atoms with Gasteiger partial charge in [0, 0.05) is 5.39 Å². The van der Waals surface area contributed by atoms with Crippen LogP contribution in [0.2, 0.25) is 0 Å². The summed E-state index contributed by atoms with van der Waals surface area (Å²) in [5.41, 5.74) is -0.122. The summed E-state index contributed by atoms with van der Waals surface area (Å²) in [6, 6.07) is 10.9. The molecule has 0 bridgehead atoms. The van der Waals surface area contributed by atoms with E-state index in [2.05, 4.69) is 4.74 Å². The Morgan fingerprint density at radius 2 is 1.71 bits per heavy atom. The van der Waals surface area contributed by atoms with Crippen LogP contribution in [0.4, 0.5) is 8.78 Å². The number of nitrogens with zero attached hydrogens (tertiary/aromatic N) is 2. The molecule has 8 heteroatoms. The Morgan fingerprint density at radius 3 is 2.39 bits per heavy atom. The molecule has 0 saturated heterocycles. The van der Waals surface area contributed by atoms with E-state index in [1.807, 2.05) is 0 Å². The number of benzene rings is 2. The van der Waals surface area contributed by atoms with Crippen molar-refractivity contribution in [2.24, 2.45) is 0 Å². The predicted octanol–water partition coefficient (Wildman–Crippen LogP) is 3.07. The number of hydrogen-bond donors (Lipinski definition) is 1. The first kappa shape index (κ1) is 17.7. The third-order valence-electron chi connectivity index (χ3n) is 4.54. The number of carbonyl (C=O) groups excluding carboxylic acids is 1. The summed E-state index contributed by atoms with van der Waals surface area (Å²) in [4.78, 5) is 25.1. The van der Waals surface area contributed by atoms with Gasteiger partial charge >= 0.3 is 5.97 Å². The molecule has 2 aromatic carbocycles. The quantitative estimate of drug-likeness (QED) is 0.551. The van der Waals surface area contributed by atoms with Crippen LogP contribution < -0.4 is 5.56 Å². The van der Waals surface area contributed by atoms with Gasteiger partial charge in [0.1, 0.15) is 17.2 Å². The Kier molecular flexibility index (Phi) is 4.11. The standard InChI is InChI=1S/C20H14F2N2O4/c1-28-20(27)17-18(25)16-9-12-8-14(22)6-7-15(12)24(16)23(19(17)26)10-11-2-4-13(21)5-3-11/h2-9,25H,10H2,1H3. The molecule has 0 saturated carbocycles. The van der Waals surface area contributed by atoms with E-state index in [0.29, 0.717) is 16.5 Å². The molecule has 4 aromatic rings. The number of aromatic hydroxyl groups is 1. The van der Waals surface area contributed by atoms with Gasteiger partial charge in [0.2, 0.25) is 0 Å². The van der Waals surface area contributed by atoms with Crippen molar-refractivity contribution >= 4 is 22.4 Å². The van der Waals surface area contributed by atoms with Crippen LogP contribution in [0.15, 0.2) is 53.3 Å². The van der Waals surface area contributed by atoms with E-state index in [1.165, 1.54) is 57.7 Å². The van der Waals surface area contributed by atoms with Gasteiger partial charge in [-0.15, -0.1) is 0 Å². The highest BCUT2D eigenvalue weighted by Crippen LogP contribution is 2.29. The van der Waals surface area contributed by atoms with Crippen molar-refractivity contribution in [2.45, 2.75) is 6.54 Å². The number of carbonyl (C=O) groups is 1. The summed E-state index contributed by atoms with van der Waals surface area (Å²) in [5.74, 6) is -2.45. The van der Waals surface area contributed by atoms with Crippen molar-refractivity contribution in [2.75, 3.05) is 7.11 Å². The van der Waals surface area contributed by atoms with E-state index in [4.69, 9.17) is 0 Å². The highest BCUT2D eigenvalue weighted by Gasteiger charge is 2.24. The lowest BCUT2D eigenvalue weighted by atomic mass is 10.2. The molecule has 0 aliphatic rings. The second-order valence-corrected chi connectivity index (χ2v) is 6.25. The van der Waals surface area contributed by atoms with Crippen LogP contribution in [0.1, 0.15) is 15.9 Å². The van der Waals surface area contributed by atoms with Crippen LogP contribution in [-0.2, 0) is 11.3 Å². The minimum absolute atomic E-state index is 0.0129. The van der Waals surface area contributed by atoms with Crippen molar-refractivity contribution in [1.82, 2.24) is 9.20 Å². The van der Waals surface area contributed by atoms with Gasteiger partial charge in [0.25, 0.3) is 5.56 Å². The van der Waals surface area contributed by atoms with Crippen LogP contribution >= 0.6 is 0 Å². The van der Waals surface area contributed by atoms with Gasteiger partial charge < -0.3 is 9.84 Å². The molecule has 0 fully saturated rings. The van der Waals surface area contributed by atoms with E-state index < -0.39 is 34.5 Å². The average molecular weight is 384 g/mol. The normalized spacial score (nSPS) is 11.2. The Hall–Kier alpha value is -3.68. The monoisotopic (exact) mass is 384 g/mol. The van der Waals surface area contributed by atoms with Gasteiger partial charge in [-0.25, -0.2) is 22.8 Å². The Labute approximate surface area is 156 Å². The van der Waals surface area contributed by atoms with Crippen molar-refractivity contribution in [3.8, 4) is 5.75 Å². The lowest BCUT2D eigenvalue weighted by molar-refractivity contribution is 0.0594. The molecule has 0 amide bonds. The van der Waals surface area contributed by atoms with Gasteiger partial charge in [-0.3, -0.25) is 4.79 Å². The Morgan fingerprint density at radius 1 is 1.04 bits per heavy atom. The number of aromatic nitrogens is 2.